The molecule has 0 aliphatic carbocycles. The predicted molar refractivity (Wildman–Crippen MR) is 72.5 cm³/mol. The highest BCUT2D eigenvalue weighted by molar-refractivity contribution is 6.03. The molecular weight excluding hydrogens is 242 g/mol. The molecule has 0 fully saturated rings. The standard InChI is InChI=1S/C14H15N3O2/c1-9-7-10(2)16-14(15-9)17-13(18)11-5-4-6-12(8-11)19-3/h4-8H,1-3H3,(H,15,16,17,18). The molecule has 19 heavy (non-hydrogen) atoms. The SMILES string of the molecule is COc1cccc(C(=O)Nc2nc(C)cc(C)n2)c1. The number of anilines is 1. The summed E-state index contributed by atoms with van der Waals surface area (Å²) in [6.07, 6.45) is 0. The van der Waals surface area contributed by atoms with Crippen LogP contribution in [0.5, 0.6) is 5.75 Å². The third-order valence-electron chi connectivity index (χ3n) is 2.54. The molecule has 1 aromatic carbocycles. The lowest BCUT2D eigenvalue weighted by atomic mass is 10.2. The van der Waals surface area contributed by atoms with E-state index in [0.29, 0.717) is 17.3 Å². The molecule has 0 aliphatic rings. The van der Waals surface area contributed by atoms with Gasteiger partial charge >= 0.3 is 0 Å². The van der Waals surface area contributed by atoms with Crippen LogP contribution in [0.25, 0.3) is 0 Å². The zero-order valence-electron chi connectivity index (χ0n) is 11.1. The summed E-state index contributed by atoms with van der Waals surface area (Å²) in [5, 5.41) is 2.67. The van der Waals surface area contributed by atoms with Gasteiger partial charge in [0.05, 0.1) is 7.11 Å². The molecule has 0 spiro atoms. The second-order valence-electron chi connectivity index (χ2n) is 4.16. The van der Waals surface area contributed by atoms with Gasteiger partial charge in [-0.1, -0.05) is 6.07 Å². The number of aromatic nitrogens is 2. The van der Waals surface area contributed by atoms with Crippen LogP contribution in [-0.2, 0) is 0 Å². The van der Waals surface area contributed by atoms with Crippen LogP contribution in [0.4, 0.5) is 5.95 Å². The molecule has 5 heteroatoms. The van der Waals surface area contributed by atoms with Crippen molar-refractivity contribution in [2.24, 2.45) is 0 Å². The summed E-state index contributed by atoms with van der Waals surface area (Å²) >= 11 is 0. The molecule has 0 radical (unpaired) electrons. The van der Waals surface area contributed by atoms with Crippen molar-refractivity contribution >= 4 is 11.9 Å². The van der Waals surface area contributed by atoms with Crippen molar-refractivity contribution < 1.29 is 9.53 Å². The maximum absolute atomic E-state index is 12.1. The van der Waals surface area contributed by atoms with Gasteiger partial charge < -0.3 is 4.74 Å². The maximum Gasteiger partial charge on any atom is 0.258 e. The van der Waals surface area contributed by atoms with E-state index in [1.54, 1.807) is 31.4 Å². The highest BCUT2D eigenvalue weighted by Gasteiger charge is 2.09. The van der Waals surface area contributed by atoms with Crippen molar-refractivity contribution in [2.45, 2.75) is 13.8 Å². The number of nitrogens with one attached hydrogen (secondary N) is 1. The molecule has 0 bridgehead atoms. The first kappa shape index (κ1) is 13.0. The Hall–Kier alpha value is -2.43. The molecule has 5 nitrogen and oxygen atoms in total. The molecule has 1 aromatic heterocycles. The van der Waals surface area contributed by atoms with Crippen LogP contribution in [0.3, 0.4) is 0 Å². The van der Waals surface area contributed by atoms with E-state index in [1.807, 2.05) is 19.9 Å². The highest BCUT2D eigenvalue weighted by Crippen LogP contribution is 2.13. The number of hydrogen-bond acceptors (Lipinski definition) is 4. The van der Waals surface area contributed by atoms with Crippen molar-refractivity contribution in [3.05, 3.63) is 47.3 Å². The van der Waals surface area contributed by atoms with Crippen LogP contribution in [-0.4, -0.2) is 23.0 Å². The molecule has 0 saturated carbocycles. The summed E-state index contributed by atoms with van der Waals surface area (Å²) in [6, 6.07) is 8.76. The van der Waals surface area contributed by atoms with E-state index in [9.17, 15) is 4.79 Å². The average Bonchev–Trinajstić information content (AvgIpc) is 2.37. The van der Waals surface area contributed by atoms with Crippen molar-refractivity contribution in [1.29, 1.82) is 0 Å². The van der Waals surface area contributed by atoms with E-state index in [1.165, 1.54) is 0 Å². The van der Waals surface area contributed by atoms with Gasteiger partial charge in [-0.15, -0.1) is 0 Å². The van der Waals surface area contributed by atoms with Gasteiger partial charge in [-0.3, -0.25) is 10.1 Å². The number of rotatable bonds is 3. The minimum absolute atomic E-state index is 0.260. The third-order valence-corrected chi connectivity index (χ3v) is 2.54. The van der Waals surface area contributed by atoms with Gasteiger partial charge in [-0.2, -0.15) is 0 Å². The lowest BCUT2D eigenvalue weighted by Crippen LogP contribution is -2.15. The Morgan fingerprint density at radius 2 is 1.84 bits per heavy atom. The maximum atomic E-state index is 12.1. The van der Waals surface area contributed by atoms with Crippen LogP contribution < -0.4 is 10.1 Å². The number of methoxy groups -OCH3 is 1. The van der Waals surface area contributed by atoms with Crippen LogP contribution in [0.2, 0.25) is 0 Å². The van der Waals surface area contributed by atoms with E-state index in [-0.39, 0.29) is 5.91 Å². The van der Waals surface area contributed by atoms with Gasteiger partial charge in [0.25, 0.3) is 5.91 Å². The first-order valence-corrected chi connectivity index (χ1v) is 5.86. The van der Waals surface area contributed by atoms with E-state index in [4.69, 9.17) is 4.74 Å². The summed E-state index contributed by atoms with van der Waals surface area (Å²) in [4.78, 5) is 20.4. The molecule has 0 unspecified atom stereocenters. The summed E-state index contributed by atoms with van der Waals surface area (Å²) in [5.41, 5.74) is 2.13. The smallest absolute Gasteiger partial charge is 0.258 e. The molecule has 2 rings (SSSR count). The van der Waals surface area contributed by atoms with Gasteiger partial charge in [0.2, 0.25) is 5.95 Å². The monoisotopic (exact) mass is 257 g/mol. The predicted octanol–water partition coefficient (Wildman–Crippen LogP) is 2.35. The molecule has 0 saturated heterocycles. The number of nitrogens with zero attached hydrogens (tertiary/aromatic N) is 2. The number of amides is 1. The zero-order chi connectivity index (χ0) is 13.8. The Morgan fingerprint density at radius 3 is 2.47 bits per heavy atom. The first-order chi connectivity index (χ1) is 9.08. The normalized spacial score (nSPS) is 10.1. The molecule has 0 atom stereocenters. The Morgan fingerprint density at radius 1 is 1.16 bits per heavy atom. The van der Waals surface area contributed by atoms with Crippen LogP contribution >= 0.6 is 0 Å². The highest BCUT2D eigenvalue weighted by atomic mass is 16.5. The fourth-order valence-corrected chi connectivity index (χ4v) is 1.72. The van der Waals surface area contributed by atoms with E-state index >= 15 is 0 Å². The van der Waals surface area contributed by atoms with E-state index in [0.717, 1.165) is 11.4 Å². The van der Waals surface area contributed by atoms with Gasteiger partial charge in [0.15, 0.2) is 0 Å². The topological polar surface area (TPSA) is 64.1 Å². The largest absolute Gasteiger partial charge is 0.497 e. The van der Waals surface area contributed by atoms with Gasteiger partial charge in [-0.25, -0.2) is 9.97 Å². The minimum atomic E-state index is -0.260. The Balaban J connectivity index is 2.20. The third kappa shape index (κ3) is 3.28. The number of hydrogen-bond donors (Lipinski definition) is 1. The van der Waals surface area contributed by atoms with E-state index < -0.39 is 0 Å². The Bertz CT molecular complexity index is 591. The lowest BCUT2D eigenvalue weighted by Gasteiger charge is -2.06. The number of aryl methyl sites for hydroxylation is 2. The van der Waals surface area contributed by atoms with Gasteiger partial charge in [0, 0.05) is 17.0 Å². The number of benzene rings is 1. The second kappa shape index (κ2) is 5.48. The number of carbonyl (C=O) groups excluding carboxylic acids is 1. The Kier molecular flexibility index (Phi) is 3.75. The minimum Gasteiger partial charge on any atom is -0.497 e. The molecule has 0 aliphatic heterocycles. The number of carbonyl (C=O) groups is 1. The molecular formula is C14H15N3O2. The van der Waals surface area contributed by atoms with Crippen molar-refractivity contribution in [3.63, 3.8) is 0 Å². The average molecular weight is 257 g/mol. The molecule has 2 aromatic rings. The van der Waals surface area contributed by atoms with Crippen molar-refractivity contribution in [2.75, 3.05) is 12.4 Å². The molecule has 98 valence electrons. The Labute approximate surface area is 111 Å². The van der Waals surface area contributed by atoms with E-state index in [2.05, 4.69) is 15.3 Å². The molecule has 1 amide bonds. The fourth-order valence-electron chi connectivity index (χ4n) is 1.72. The van der Waals surface area contributed by atoms with Crippen LogP contribution in [0.15, 0.2) is 30.3 Å². The summed E-state index contributed by atoms with van der Waals surface area (Å²) < 4.78 is 5.08. The molecule has 1 heterocycles. The fraction of sp³-hybridized carbons (Fsp3) is 0.214. The second-order valence-corrected chi connectivity index (χ2v) is 4.16. The zero-order valence-corrected chi connectivity index (χ0v) is 11.1. The van der Waals surface area contributed by atoms with Crippen LogP contribution in [0.1, 0.15) is 21.7 Å². The quantitative estimate of drug-likeness (QED) is 0.916. The van der Waals surface area contributed by atoms with Gasteiger partial charge in [-0.05, 0) is 38.1 Å². The van der Waals surface area contributed by atoms with Crippen molar-refractivity contribution in [3.8, 4) is 5.75 Å². The van der Waals surface area contributed by atoms with Crippen LogP contribution in [0, 0.1) is 13.8 Å². The lowest BCUT2D eigenvalue weighted by molar-refractivity contribution is 0.102. The number of ether oxygens (including phenoxy) is 1. The summed E-state index contributed by atoms with van der Waals surface area (Å²) in [6.45, 7) is 3.71. The first-order valence-electron chi connectivity index (χ1n) is 5.86. The van der Waals surface area contributed by atoms with Gasteiger partial charge in [0.1, 0.15) is 5.75 Å². The summed E-state index contributed by atoms with van der Waals surface area (Å²) in [7, 11) is 1.56. The van der Waals surface area contributed by atoms with Crippen molar-refractivity contribution in [1.82, 2.24) is 9.97 Å². The molecule has 1 N–H and O–H groups in total. The summed E-state index contributed by atoms with van der Waals surface area (Å²) in [5.74, 6) is 0.684.